The fourth-order valence-electron chi connectivity index (χ4n) is 3.55. The number of Topliss-reactive ketones (excluding diaryl/α,β-unsaturated/α-hetero) is 1. The number of benzene rings is 2. The number of aliphatic carboxylic acids is 1. The van der Waals surface area contributed by atoms with Crippen molar-refractivity contribution in [2.24, 2.45) is 0 Å². The molecule has 10 heteroatoms. The van der Waals surface area contributed by atoms with Gasteiger partial charge in [0, 0.05) is 17.0 Å². The van der Waals surface area contributed by atoms with Gasteiger partial charge in [-0.25, -0.2) is 0 Å². The minimum atomic E-state index is -0.897. The first-order valence-corrected chi connectivity index (χ1v) is 12.4. The van der Waals surface area contributed by atoms with Crippen LogP contribution in [0.4, 0.5) is 11.4 Å². The minimum absolute atomic E-state index is 0.0991. The Morgan fingerprint density at radius 3 is 2.25 bits per heavy atom. The summed E-state index contributed by atoms with van der Waals surface area (Å²) < 4.78 is 11.3. The average Bonchev–Trinajstić information content (AvgIpc) is 2.83. The number of carbonyl (C=O) groups excluding carboxylic acids is 1. The number of nitro benzene ring substituents is 1. The number of rotatable bonds is 17. The van der Waals surface area contributed by atoms with Crippen molar-refractivity contribution in [2.75, 3.05) is 18.5 Å². The van der Waals surface area contributed by atoms with E-state index in [1.165, 1.54) is 19.1 Å². The molecule has 2 rings (SSSR count). The summed E-state index contributed by atoms with van der Waals surface area (Å²) in [5, 5.41) is 23.7. The Morgan fingerprint density at radius 1 is 1.03 bits per heavy atom. The number of nitrogens with one attached hydrogen (secondary N) is 1. The number of carbonyl (C=O) groups is 2. The van der Waals surface area contributed by atoms with E-state index >= 15 is 0 Å². The normalized spacial score (nSPS) is 11.5. The maximum atomic E-state index is 12.5. The highest BCUT2D eigenvalue weighted by Crippen LogP contribution is 2.35. The van der Waals surface area contributed by atoms with E-state index in [0.29, 0.717) is 54.6 Å². The molecular formula is C26H33ClN2O7. The van der Waals surface area contributed by atoms with E-state index in [1.54, 1.807) is 24.3 Å². The van der Waals surface area contributed by atoms with Crippen molar-refractivity contribution in [3.05, 3.63) is 57.1 Å². The molecular weight excluding hydrogens is 488 g/mol. The van der Waals surface area contributed by atoms with Gasteiger partial charge < -0.3 is 19.9 Å². The van der Waals surface area contributed by atoms with Crippen LogP contribution in [0.15, 0.2) is 36.4 Å². The van der Waals surface area contributed by atoms with Crippen LogP contribution in [0.1, 0.15) is 70.4 Å². The second kappa shape index (κ2) is 14.9. The summed E-state index contributed by atoms with van der Waals surface area (Å²) in [5.74, 6) is -0.193. The Bertz CT molecular complexity index is 1040. The average molecular weight is 521 g/mol. The molecule has 0 aliphatic heterocycles. The molecule has 0 saturated carbocycles. The van der Waals surface area contributed by atoms with E-state index in [0.717, 1.165) is 19.3 Å². The first-order chi connectivity index (χ1) is 17.2. The highest BCUT2D eigenvalue weighted by Gasteiger charge is 2.24. The zero-order valence-electron chi connectivity index (χ0n) is 20.6. The molecule has 0 bridgehead atoms. The molecule has 2 aromatic carbocycles. The largest absolute Gasteiger partial charge is 0.494 e. The van der Waals surface area contributed by atoms with E-state index in [4.69, 9.17) is 26.2 Å². The lowest BCUT2D eigenvalue weighted by molar-refractivity contribution is -0.384. The van der Waals surface area contributed by atoms with Gasteiger partial charge in [0.25, 0.3) is 5.69 Å². The summed E-state index contributed by atoms with van der Waals surface area (Å²) in [6, 6.07) is 8.53. The minimum Gasteiger partial charge on any atom is -0.494 e. The van der Waals surface area contributed by atoms with Gasteiger partial charge in [0.2, 0.25) is 0 Å². The molecule has 0 saturated heterocycles. The van der Waals surface area contributed by atoms with Crippen LogP contribution in [0.25, 0.3) is 0 Å². The number of hydrogen-bond acceptors (Lipinski definition) is 7. The number of anilines is 1. The smallest absolute Gasteiger partial charge is 0.303 e. The van der Waals surface area contributed by atoms with Crippen LogP contribution in [0.3, 0.4) is 0 Å². The van der Waals surface area contributed by atoms with Crippen LogP contribution in [0.5, 0.6) is 11.5 Å². The Hall–Kier alpha value is -3.33. The highest BCUT2D eigenvalue weighted by molar-refractivity contribution is 6.31. The van der Waals surface area contributed by atoms with E-state index in [9.17, 15) is 19.7 Å². The summed E-state index contributed by atoms with van der Waals surface area (Å²) in [4.78, 5) is 34.2. The van der Waals surface area contributed by atoms with Crippen molar-refractivity contribution < 1.29 is 29.1 Å². The number of nitrogens with zero attached hydrogens (tertiary/aromatic N) is 1. The summed E-state index contributed by atoms with van der Waals surface area (Å²) in [6.45, 7) is 4.37. The fourth-order valence-corrected chi connectivity index (χ4v) is 3.83. The monoisotopic (exact) mass is 520 g/mol. The van der Waals surface area contributed by atoms with Crippen LogP contribution in [-0.2, 0) is 9.59 Å². The van der Waals surface area contributed by atoms with Crippen molar-refractivity contribution in [3.63, 3.8) is 0 Å². The summed E-state index contributed by atoms with van der Waals surface area (Å²) in [5.41, 5.74) is 0.405. The van der Waals surface area contributed by atoms with E-state index in [2.05, 4.69) is 12.2 Å². The predicted octanol–water partition coefficient (Wildman–Crippen LogP) is 6.58. The third-order valence-corrected chi connectivity index (χ3v) is 5.80. The second-order valence-electron chi connectivity index (χ2n) is 8.42. The molecule has 36 heavy (non-hydrogen) atoms. The third-order valence-electron chi connectivity index (χ3n) is 5.48. The van der Waals surface area contributed by atoms with E-state index in [-0.39, 0.29) is 23.6 Å². The van der Waals surface area contributed by atoms with Crippen molar-refractivity contribution in [1.29, 1.82) is 0 Å². The van der Waals surface area contributed by atoms with Gasteiger partial charge in [-0.05, 0) is 56.9 Å². The highest BCUT2D eigenvalue weighted by atomic mass is 35.5. The maximum absolute atomic E-state index is 12.5. The van der Waals surface area contributed by atoms with Crippen molar-refractivity contribution in [1.82, 2.24) is 0 Å². The molecule has 0 fully saturated rings. The van der Waals surface area contributed by atoms with Crippen molar-refractivity contribution in [2.45, 2.75) is 64.8 Å². The molecule has 0 spiro atoms. The molecule has 196 valence electrons. The van der Waals surface area contributed by atoms with Gasteiger partial charge in [0.15, 0.2) is 5.78 Å². The maximum Gasteiger partial charge on any atom is 0.303 e. The molecule has 0 aromatic heterocycles. The van der Waals surface area contributed by atoms with Crippen molar-refractivity contribution >= 4 is 34.7 Å². The van der Waals surface area contributed by atoms with Gasteiger partial charge in [-0.15, -0.1) is 0 Å². The van der Waals surface area contributed by atoms with Gasteiger partial charge >= 0.3 is 5.97 Å². The SMILES string of the molecule is CCCCCOc1ccc(C(Nc2ccc(OCCCCCC(=O)O)cc2[N+](=O)[O-])C(C)=O)c(Cl)c1. The first-order valence-electron chi connectivity index (χ1n) is 12.0. The van der Waals surface area contributed by atoms with E-state index in [1.807, 2.05) is 0 Å². The molecule has 2 aromatic rings. The molecule has 0 heterocycles. The summed E-state index contributed by atoms with van der Waals surface area (Å²) in [6.07, 6.45) is 5.04. The number of carboxylic acids is 1. The molecule has 1 atom stereocenters. The number of ketones is 1. The van der Waals surface area contributed by atoms with E-state index < -0.39 is 16.9 Å². The first kappa shape index (κ1) is 28.9. The zero-order chi connectivity index (χ0) is 26.5. The summed E-state index contributed by atoms with van der Waals surface area (Å²) >= 11 is 6.45. The van der Waals surface area contributed by atoms with Gasteiger partial charge in [0.1, 0.15) is 23.2 Å². The topological polar surface area (TPSA) is 128 Å². The lowest BCUT2D eigenvalue weighted by atomic mass is 10.0. The van der Waals surface area contributed by atoms with Crippen LogP contribution in [-0.4, -0.2) is 35.0 Å². The molecule has 0 amide bonds. The third kappa shape index (κ3) is 9.37. The predicted molar refractivity (Wildman–Crippen MR) is 138 cm³/mol. The second-order valence-corrected chi connectivity index (χ2v) is 8.82. The Morgan fingerprint density at radius 2 is 1.67 bits per heavy atom. The van der Waals surface area contributed by atoms with Gasteiger partial charge in [-0.2, -0.15) is 0 Å². The van der Waals surface area contributed by atoms with Crippen LogP contribution >= 0.6 is 11.6 Å². The lowest BCUT2D eigenvalue weighted by Crippen LogP contribution is -2.19. The van der Waals surface area contributed by atoms with Crippen LogP contribution in [0.2, 0.25) is 5.02 Å². The fraction of sp³-hybridized carbons (Fsp3) is 0.462. The standard InChI is InChI=1S/C26H33ClN2O7/c1-3-4-7-14-35-19-10-12-21(22(27)16-19)26(18(2)30)28-23-13-11-20(17-24(23)29(33)34)36-15-8-5-6-9-25(31)32/h10-13,16-17,26,28H,3-9,14-15H2,1-2H3,(H,31,32). The number of carboxylic acid groups (broad SMARTS) is 1. The number of ether oxygens (including phenoxy) is 2. The molecule has 9 nitrogen and oxygen atoms in total. The van der Waals surface area contributed by atoms with Crippen LogP contribution < -0.4 is 14.8 Å². The number of halogens is 1. The number of nitro groups is 1. The van der Waals surface area contributed by atoms with Gasteiger partial charge in [0.05, 0.1) is 24.2 Å². The van der Waals surface area contributed by atoms with Gasteiger partial charge in [-0.1, -0.05) is 37.4 Å². The molecule has 0 aliphatic rings. The molecule has 2 N–H and O–H groups in total. The number of unbranched alkanes of at least 4 members (excludes halogenated alkanes) is 4. The summed E-state index contributed by atoms with van der Waals surface area (Å²) in [7, 11) is 0. The van der Waals surface area contributed by atoms with Crippen LogP contribution in [0, 0.1) is 10.1 Å². The molecule has 0 radical (unpaired) electrons. The molecule has 0 aliphatic carbocycles. The van der Waals surface area contributed by atoms with Gasteiger partial charge in [-0.3, -0.25) is 19.7 Å². The van der Waals surface area contributed by atoms with Crippen molar-refractivity contribution in [3.8, 4) is 11.5 Å². The zero-order valence-corrected chi connectivity index (χ0v) is 21.4. The Labute approximate surface area is 215 Å². The lowest BCUT2D eigenvalue weighted by Gasteiger charge is -2.20. The number of hydrogen-bond donors (Lipinski definition) is 2. The Kier molecular flexibility index (Phi) is 12.0. The Balaban J connectivity index is 2.10. The molecule has 1 unspecified atom stereocenters. The quantitative estimate of drug-likeness (QED) is 0.136.